The van der Waals surface area contributed by atoms with E-state index in [-0.39, 0.29) is 5.75 Å². The minimum atomic E-state index is -0.604. The molecule has 17 heavy (non-hydrogen) atoms. The second-order valence-corrected chi connectivity index (χ2v) is 5.01. The maximum absolute atomic E-state index is 10.6. The summed E-state index contributed by atoms with van der Waals surface area (Å²) < 4.78 is 0. The lowest BCUT2D eigenvalue weighted by atomic mass is 9.70. The van der Waals surface area contributed by atoms with Crippen molar-refractivity contribution in [3.8, 4) is 5.75 Å². The van der Waals surface area contributed by atoms with Crippen LogP contribution in [0.3, 0.4) is 0 Å². The molecule has 0 spiro atoms. The molecule has 0 saturated heterocycles. The average molecular weight is 252 g/mol. The number of rotatable bonds is 2. The zero-order valence-electron chi connectivity index (χ0n) is 9.88. The van der Waals surface area contributed by atoms with Gasteiger partial charge in [-0.05, 0) is 44.2 Å². The summed E-state index contributed by atoms with van der Waals surface area (Å²) in [7, 11) is 0. The van der Waals surface area contributed by atoms with Crippen LogP contribution in [0.2, 0.25) is 5.02 Å². The zero-order chi connectivity index (χ0) is 12.6. The first kappa shape index (κ1) is 12.2. The second kappa shape index (κ2) is 4.17. The van der Waals surface area contributed by atoms with Gasteiger partial charge in [-0.1, -0.05) is 17.7 Å². The maximum Gasteiger partial charge on any atom is 0.235 e. The standard InChI is InChI=1S/C13H14ClNO2/c1-8-6-9(2)11(14)12(17)10(8)13(15-7-16)4-3-5-13/h6,17H,3-5H2,1-2H3. The molecule has 1 saturated carbocycles. The van der Waals surface area contributed by atoms with E-state index < -0.39 is 5.54 Å². The highest BCUT2D eigenvalue weighted by molar-refractivity contribution is 6.33. The Hall–Kier alpha value is -1.31. The molecule has 0 amide bonds. The number of benzene rings is 1. The van der Waals surface area contributed by atoms with E-state index in [1.807, 2.05) is 19.9 Å². The molecule has 3 nitrogen and oxygen atoms in total. The normalized spacial score (nSPS) is 17.1. The molecule has 1 aromatic carbocycles. The molecular formula is C13H14ClNO2. The Bertz CT molecular complexity index is 515. The minimum absolute atomic E-state index is 0.0582. The monoisotopic (exact) mass is 251 g/mol. The van der Waals surface area contributed by atoms with E-state index in [0.29, 0.717) is 10.6 Å². The van der Waals surface area contributed by atoms with Crippen molar-refractivity contribution in [3.63, 3.8) is 0 Å². The largest absolute Gasteiger partial charge is 0.506 e. The number of isocyanates is 1. The highest BCUT2D eigenvalue weighted by Gasteiger charge is 2.42. The van der Waals surface area contributed by atoms with E-state index in [0.717, 1.165) is 30.4 Å². The van der Waals surface area contributed by atoms with Gasteiger partial charge in [0.15, 0.2) is 0 Å². The summed E-state index contributed by atoms with van der Waals surface area (Å²) in [5.41, 5.74) is 1.83. The Morgan fingerprint density at radius 1 is 1.41 bits per heavy atom. The minimum Gasteiger partial charge on any atom is -0.506 e. The summed E-state index contributed by atoms with van der Waals surface area (Å²) >= 11 is 6.05. The molecule has 0 bridgehead atoms. The van der Waals surface area contributed by atoms with E-state index in [4.69, 9.17) is 11.6 Å². The summed E-state index contributed by atoms with van der Waals surface area (Å²) in [6, 6.07) is 1.91. The van der Waals surface area contributed by atoms with Gasteiger partial charge in [0.1, 0.15) is 11.3 Å². The predicted molar refractivity (Wildman–Crippen MR) is 66.2 cm³/mol. The number of halogens is 1. The fourth-order valence-electron chi connectivity index (χ4n) is 2.55. The molecule has 0 aliphatic heterocycles. The van der Waals surface area contributed by atoms with Crippen LogP contribution in [0.5, 0.6) is 5.75 Å². The van der Waals surface area contributed by atoms with Gasteiger partial charge in [-0.15, -0.1) is 0 Å². The average Bonchev–Trinajstić information content (AvgIpc) is 2.22. The van der Waals surface area contributed by atoms with Gasteiger partial charge in [0.25, 0.3) is 0 Å². The van der Waals surface area contributed by atoms with Crippen LogP contribution in [-0.2, 0) is 10.3 Å². The first-order chi connectivity index (χ1) is 8.02. The molecule has 0 radical (unpaired) electrons. The summed E-state index contributed by atoms with van der Waals surface area (Å²) in [4.78, 5) is 14.5. The fourth-order valence-corrected chi connectivity index (χ4v) is 2.70. The number of aromatic hydroxyl groups is 1. The van der Waals surface area contributed by atoms with Crippen LogP contribution < -0.4 is 0 Å². The lowest BCUT2D eigenvalue weighted by Gasteiger charge is -2.38. The Balaban J connectivity index is 2.66. The van der Waals surface area contributed by atoms with Gasteiger partial charge in [-0.2, -0.15) is 4.99 Å². The van der Waals surface area contributed by atoms with Crippen LogP contribution in [-0.4, -0.2) is 11.2 Å². The Morgan fingerprint density at radius 3 is 2.53 bits per heavy atom. The number of hydrogen-bond acceptors (Lipinski definition) is 3. The Labute approximate surface area is 105 Å². The van der Waals surface area contributed by atoms with Gasteiger partial charge < -0.3 is 5.11 Å². The molecule has 90 valence electrons. The number of carbonyl (C=O) groups excluding carboxylic acids is 1. The molecular weight excluding hydrogens is 238 g/mol. The highest BCUT2D eigenvalue weighted by Crippen LogP contribution is 2.51. The van der Waals surface area contributed by atoms with Crippen molar-refractivity contribution in [1.29, 1.82) is 0 Å². The molecule has 2 rings (SSSR count). The first-order valence-corrected chi connectivity index (χ1v) is 5.98. The summed E-state index contributed by atoms with van der Waals surface area (Å²) in [6.45, 7) is 3.74. The van der Waals surface area contributed by atoms with Gasteiger partial charge in [-0.3, -0.25) is 0 Å². The molecule has 1 aromatic rings. The van der Waals surface area contributed by atoms with E-state index in [2.05, 4.69) is 4.99 Å². The number of nitrogens with zero attached hydrogens (tertiary/aromatic N) is 1. The van der Waals surface area contributed by atoms with Gasteiger partial charge in [0.05, 0.1) is 5.02 Å². The smallest absolute Gasteiger partial charge is 0.235 e. The lowest BCUT2D eigenvalue weighted by molar-refractivity contribution is 0.246. The summed E-state index contributed by atoms with van der Waals surface area (Å²) in [6.07, 6.45) is 4.13. The number of phenols is 1. The molecule has 0 heterocycles. The third kappa shape index (κ3) is 1.76. The third-order valence-corrected chi connectivity index (χ3v) is 4.00. The van der Waals surface area contributed by atoms with Crippen LogP contribution in [0, 0.1) is 13.8 Å². The highest BCUT2D eigenvalue weighted by atomic mass is 35.5. The van der Waals surface area contributed by atoms with Crippen molar-refractivity contribution >= 4 is 17.7 Å². The Morgan fingerprint density at radius 2 is 2.06 bits per heavy atom. The number of aliphatic imine (C=N–C) groups is 1. The van der Waals surface area contributed by atoms with Crippen LogP contribution in [0.25, 0.3) is 0 Å². The van der Waals surface area contributed by atoms with E-state index in [1.165, 1.54) is 0 Å². The maximum atomic E-state index is 10.6. The second-order valence-electron chi connectivity index (χ2n) is 4.64. The summed E-state index contributed by atoms with van der Waals surface area (Å²) in [5, 5.41) is 10.5. The van der Waals surface area contributed by atoms with E-state index in [9.17, 15) is 9.90 Å². The van der Waals surface area contributed by atoms with Crippen LogP contribution in [0.1, 0.15) is 36.0 Å². The molecule has 1 aliphatic carbocycles. The molecule has 4 heteroatoms. The van der Waals surface area contributed by atoms with Gasteiger partial charge in [-0.25, -0.2) is 4.79 Å². The predicted octanol–water partition coefficient (Wildman–Crippen LogP) is 3.38. The Kier molecular flexibility index (Phi) is 2.98. The van der Waals surface area contributed by atoms with Gasteiger partial charge in [0, 0.05) is 5.56 Å². The van der Waals surface area contributed by atoms with E-state index in [1.54, 1.807) is 6.08 Å². The summed E-state index contributed by atoms with van der Waals surface area (Å²) in [5.74, 6) is 0.0582. The van der Waals surface area contributed by atoms with Gasteiger partial charge in [0.2, 0.25) is 6.08 Å². The fraction of sp³-hybridized carbons (Fsp3) is 0.462. The molecule has 1 fully saturated rings. The van der Waals surface area contributed by atoms with Crippen LogP contribution in [0.15, 0.2) is 11.1 Å². The molecule has 0 aromatic heterocycles. The third-order valence-electron chi connectivity index (χ3n) is 3.52. The SMILES string of the molecule is Cc1cc(C)c(C2(N=C=O)CCC2)c(O)c1Cl. The molecule has 0 atom stereocenters. The molecule has 0 unspecified atom stereocenters. The quantitative estimate of drug-likeness (QED) is 0.647. The number of hydrogen-bond donors (Lipinski definition) is 1. The number of aryl methyl sites for hydroxylation is 2. The van der Waals surface area contributed by atoms with E-state index >= 15 is 0 Å². The van der Waals surface area contributed by atoms with Crippen LogP contribution in [0.4, 0.5) is 0 Å². The van der Waals surface area contributed by atoms with Crippen molar-refractivity contribution in [3.05, 3.63) is 27.8 Å². The van der Waals surface area contributed by atoms with Crippen LogP contribution >= 0.6 is 11.6 Å². The van der Waals surface area contributed by atoms with Gasteiger partial charge >= 0.3 is 0 Å². The van der Waals surface area contributed by atoms with Crippen molar-refractivity contribution in [1.82, 2.24) is 0 Å². The zero-order valence-corrected chi connectivity index (χ0v) is 10.6. The van der Waals surface area contributed by atoms with Crippen molar-refractivity contribution in [2.45, 2.75) is 38.6 Å². The number of phenolic OH excluding ortho intramolecular Hbond substituents is 1. The van der Waals surface area contributed by atoms with Crippen molar-refractivity contribution in [2.24, 2.45) is 4.99 Å². The first-order valence-electron chi connectivity index (χ1n) is 5.60. The van der Waals surface area contributed by atoms with Crippen molar-refractivity contribution < 1.29 is 9.90 Å². The molecule has 1 aliphatic rings. The topological polar surface area (TPSA) is 49.7 Å². The van der Waals surface area contributed by atoms with Crippen molar-refractivity contribution in [2.75, 3.05) is 0 Å². The molecule has 1 N–H and O–H groups in total. The lowest BCUT2D eigenvalue weighted by Crippen LogP contribution is -2.33.